The molecule has 0 bridgehead atoms. The van der Waals surface area contributed by atoms with Crippen LogP contribution in [0.15, 0.2) is 15.7 Å². The van der Waals surface area contributed by atoms with Crippen molar-refractivity contribution < 1.29 is 14.7 Å². The van der Waals surface area contributed by atoms with Gasteiger partial charge < -0.3 is 10.4 Å². The summed E-state index contributed by atoms with van der Waals surface area (Å²) in [4.78, 5) is 55.1. The summed E-state index contributed by atoms with van der Waals surface area (Å²) in [6, 6.07) is 1.16. The van der Waals surface area contributed by atoms with Crippen LogP contribution in [0.5, 0.6) is 0 Å². The number of H-pyrrole nitrogens is 1. The van der Waals surface area contributed by atoms with E-state index in [1.54, 1.807) is 13.0 Å². The summed E-state index contributed by atoms with van der Waals surface area (Å²) in [5.74, 6) is -1.47. The van der Waals surface area contributed by atoms with Crippen molar-refractivity contribution in [2.45, 2.75) is 65.5 Å². The monoisotopic (exact) mass is 390 g/mol. The Hall–Kier alpha value is -2.97. The molecule has 2 aromatic heterocycles. The molecule has 152 valence electrons. The average Bonchev–Trinajstić information content (AvgIpc) is 2.62. The number of carboxylic acid groups (broad SMARTS) is 1. The van der Waals surface area contributed by atoms with Crippen LogP contribution in [0, 0.1) is 0 Å². The van der Waals surface area contributed by atoms with Crippen molar-refractivity contribution in [1.29, 1.82) is 0 Å². The predicted octanol–water partition coefficient (Wildman–Crippen LogP) is 1.60. The highest BCUT2D eigenvalue weighted by atomic mass is 16.4. The Labute approximate surface area is 161 Å². The van der Waals surface area contributed by atoms with Gasteiger partial charge in [-0.2, -0.15) is 0 Å². The number of nitrogens with one attached hydrogen (secondary N) is 2. The SMILES string of the molecule is CCCn1c(=O)[nH]c(=O)c2c(C(=O)NC(C)CCC(=O)O)cc(C(C)C)nc21. The standard InChI is InChI=1S/C19H26N4O5/c1-5-8-23-16-15(18(27)22-19(23)28)12(9-13(21-16)10(2)3)17(26)20-11(4)6-7-14(24)25/h9-11H,5-8H2,1-4H3,(H,20,26)(H,24,25)(H,22,27,28). The van der Waals surface area contributed by atoms with Crippen LogP contribution in [0.2, 0.25) is 0 Å². The zero-order valence-electron chi connectivity index (χ0n) is 16.5. The maximum Gasteiger partial charge on any atom is 0.329 e. The first-order valence-corrected chi connectivity index (χ1v) is 9.36. The number of fused-ring (bicyclic) bond motifs is 1. The second kappa shape index (κ2) is 8.81. The van der Waals surface area contributed by atoms with E-state index in [0.29, 0.717) is 18.7 Å². The fraction of sp³-hybridized carbons (Fsp3) is 0.526. The lowest BCUT2D eigenvalue weighted by molar-refractivity contribution is -0.137. The van der Waals surface area contributed by atoms with Gasteiger partial charge in [0.2, 0.25) is 0 Å². The molecule has 9 nitrogen and oxygen atoms in total. The second-order valence-corrected chi connectivity index (χ2v) is 7.17. The van der Waals surface area contributed by atoms with Gasteiger partial charge in [-0.15, -0.1) is 0 Å². The minimum Gasteiger partial charge on any atom is -0.481 e. The zero-order chi connectivity index (χ0) is 21.0. The van der Waals surface area contributed by atoms with E-state index in [4.69, 9.17) is 5.11 Å². The number of aromatic amines is 1. The molecule has 1 unspecified atom stereocenters. The number of aliphatic carboxylic acids is 1. The van der Waals surface area contributed by atoms with Crippen LogP contribution in [0.25, 0.3) is 11.0 Å². The lowest BCUT2D eigenvalue weighted by Gasteiger charge is -2.16. The van der Waals surface area contributed by atoms with Crippen LogP contribution in [0.4, 0.5) is 0 Å². The molecule has 2 heterocycles. The Morgan fingerprint density at radius 2 is 1.96 bits per heavy atom. The van der Waals surface area contributed by atoms with Crippen molar-refractivity contribution in [1.82, 2.24) is 19.9 Å². The number of aryl methyl sites for hydroxylation is 1. The number of carboxylic acids is 1. The van der Waals surface area contributed by atoms with E-state index < -0.39 is 29.2 Å². The van der Waals surface area contributed by atoms with E-state index in [0.717, 1.165) is 0 Å². The minimum absolute atomic E-state index is 0.0233. The van der Waals surface area contributed by atoms with Crippen LogP contribution < -0.4 is 16.6 Å². The van der Waals surface area contributed by atoms with E-state index in [1.807, 2.05) is 20.8 Å². The highest BCUT2D eigenvalue weighted by Crippen LogP contribution is 2.20. The molecule has 0 aliphatic heterocycles. The molecular formula is C19H26N4O5. The van der Waals surface area contributed by atoms with E-state index in [1.165, 1.54) is 4.57 Å². The van der Waals surface area contributed by atoms with E-state index in [-0.39, 0.29) is 35.4 Å². The Balaban J connectivity index is 2.62. The van der Waals surface area contributed by atoms with Crippen molar-refractivity contribution in [3.63, 3.8) is 0 Å². The largest absolute Gasteiger partial charge is 0.481 e. The highest BCUT2D eigenvalue weighted by Gasteiger charge is 2.21. The number of carbonyl (C=O) groups is 2. The van der Waals surface area contributed by atoms with Crippen LogP contribution in [-0.2, 0) is 11.3 Å². The van der Waals surface area contributed by atoms with Gasteiger partial charge in [-0.3, -0.25) is 23.9 Å². The minimum atomic E-state index is -0.947. The first-order valence-electron chi connectivity index (χ1n) is 9.36. The lowest BCUT2D eigenvalue weighted by atomic mass is 10.0. The van der Waals surface area contributed by atoms with Gasteiger partial charge in [0.25, 0.3) is 11.5 Å². The maximum absolute atomic E-state index is 12.9. The summed E-state index contributed by atoms with van der Waals surface area (Å²) >= 11 is 0. The number of amides is 1. The quantitative estimate of drug-likeness (QED) is 0.627. The van der Waals surface area contributed by atoms with Crippen molar-refractivity contribution in [2.75, 3.05) is 0 Å². The number of pyridine rings is 1. The molecule has 1 amide bonds. The van der Waals surface area contributed by atoms with Gasteiger partial charge in [0.1, 0.15) is 0 Å². The Bertz CT molecular complexity index is 1010. The molecule has 2 aromatic rings. The molecule has 0 aliphatic carbocycles. The maximum atomic E-state index is 12.9. The van der Waals surface area contributed by atoms with Crippen molar-refractivity contribution in [3.05, 3.63) is 38.2 Å². The normalized spacial score (nSPS) is 12.3. The molecule has 0 spiro atoms. The summed E-state index contributed by atoms with van der Waals surface area (Å²) in [6.07, 6.45) is 0.840. The first-order chi connectivity index (χ1) is 13.1. The van der Waals surface area contributed by atoms with Crippen LogP contribution in [0.3, 0.4) is 0 Å². The molecular weight excluding hydrogens is 364 g/mol. The third-order valence-electron chi connectivity index (χ3n) is 4.42. The molecule has 3 N–H and O–H groups in total. The van der Waals surface area contributed by atoms with Crippen LogP contribution >= 0.6 is 0 Å². The number of rotatable bonds is 8. The van der Waals surface area contributed by atoms with Crippen molar-refractivity contribution in [3.8, 4) is 0 Å². The summed E-state index contributed by atoms with van der Waals surface area (Å²) in [5.41, 5.74) is -0.328. The van der Waals surface area contributed by atoms with Gasteiger partial charge in [-0.25, -0.2) is 9.78 Å². The third kappa shape index (κ3) is 4.65. The molecule has 28 heavy (non-hydrogen) atoms. The van der Waals surface area contributed by atoms with Gasteiger partial charge in [0, 0.05) is 24.7 Å². The fourth-order valence-corrected chi connectivity index (χ4v) is 2.91. The number of aromatic nitrogens is 3. The molecule has 2 rings (SSSR count). The van der Waals surface area contributed by atoms with E-state index in [9.17, 15) is 19.2 Å². The van der Waals surface area contributed by atoms with Crippen molar-refractivity contribution in [2.24, 2.45) is 0 Å². The fourth-order valence-electron chi connectivity index (χ4n) is 2.91. The third-order valence-corrected chi connectivity index (χ3v) is 4.42. The number of hydrogen-bond acceptors (Lipinski definition) is 5. The Morgan fingerprint density at radius 3 is 2.54 bits per heavy atom. The summed E-state index contributed by atoms with van der Waals surface area (Å²) in [6.45, 7) is 7.76. The molecule has 0 aliphatic rings. The zero-order valence-corrected chi connectivity index (χ0v) is 16.5. The molecule has 0 saturated carbocycles. The molecule has 1 atom stereocenters. The smallest absolute Gasteiger partial charge is 0.329 e. The topological polar surface area (TPSA) is 134 Å². The number of nitrogens with zero attached hydrogens (tertiary/aromatic N) is 2. The Kier molecular flexibility index (Phi) is 6.71. The molecule has 0 aromatic carbocycles. The highest BCUT2D eigenvalue weighted by molar-refractivity contribution is 6.05. The Morgan fingerprint density at radius 1 is 1.29 bits per heavy atom. The summed E-state index contributed by atoms with van der Waals surface area (Å²) < 4.78 is 1.37. The van der Waals surface area contributed by atoms with Crippen LogP contribution in [0.1, 0.15) is 68.9 Å². The van der Waals surface area contributed by atoms with Crippen LogP contribution in [-0.4, -0.2) is 37.6 Å². The van der Waals surface area contributed by atoms with Crippen molar-refractivity contribution >= 4 is 22.9 Å². The number of carbonyl (C=O) groups excluding carboxylic acids is 1. The predicted molar refractivity (Wildman–Crippen MR) is 105 cm³/mol. The van der Waals surface area contributed by atoms with Gasteiger partial charge in [0.05, 0.1) is 10.9 Å². The molecule has 0 radical (unpaired) electrons. The van der Waals surface area contributed by atoms with E-state index in [2.05, 4.69) is 15.3 Å². The first kappa shape index (κ1) is 21.3. The summed E-state index contributed by atoms with van der Waals surface area (Å²) in [5, 5.41) is 11.6. The van der Waals surface area contributed by atoms with Gasteiger partial charge in [0.15, 0.2) is 5.65 Å². The summed E-state index contributed by atoms with van der Waals surface area (Å²) in [7, 11) is 0. The molecule has 0 fully saturated rings. The van der Waals surface area contributed by atoms with E-state index >= 15 is 0 Å². The van der Waals surface area contributed by atoms with Gasteiger partial charge in [-0.05, 0) is 31.7 Å². The average molecular weight is 390 g/mol. The molecule has 0 saturated heterocycles. The second-order valence-electron chi connectivity index (χ2n) is 7.17. The molecule has 9 heteroatoms. The number of hydrogen-bond donors (Lipinski definition) is 3. The van der Waals surface area contributed by atoms with Gasteiger partial charge in [-0.1, -0.05) is 20.8 Å². The lowest BCUT2D eigenvalue weighted by Crippen LogP contribution is -2.36. The van der Waals surface area contributed by atoms with Gasteiger partial charge >= 0.3 is 11.7 Å².